The molecule has 1 atom stereocenters. The second-order valence-electron chi connectivity index (χ2n) is 3.42. The van der Waals surface area contributed by atoms with Crippen molar-refractivity contribution in [2.75, 3.05) is 13.2 Å². The van der Waals surface area contributed by atoms with Gasteiger partial charge < -0.3 is 15.7 Å². The molecule has 0 aliphatic carbocycles. The van der Waals surface area contributed by atoms with Gasteiger partial charge in [0, 0.05) is 12.6 Å². The van der Waals surface area contributed by atoms with Crippen LogP contribution in [0.15, 0.2) is 0 Å². The second kappa shape index (κ2) is 7.76. The third-order valence-electron chi connectivity index (χ3n) is 2.29. The van der Waals surface area contributed by atoms with E-state index in [0.717, 1.165) is 12.8 Å². The summed E-state index contributed by atoms with van der Waals surface area (Å²) in [6, 6.07) is 0.0311. The van der Waals surface area contributed by atoms with Gasteiger partial charge in [0.1, 0.15) is 0 Å². The Bertz CT molecular complexity index is 158. The Morgan fingerprint density at radius 2 is 1.93 bits per heavy atom. The van der Waals surface area contributed by atoms with E-state index >= 15 is 0 Å². The maximum absolute atomic E-state index is 11.5. The van der Waals surface area contributed by atoms with E-state index in [9.17, 15) is 4.79 Å². The summed E-state index contributed by atoms with van der Waals surface area (Å²) in [7, 11) is 0. The third kappa shape index (κ3) is 5.19. The standard InChI is InChI=1S/C10H22N2O2/c1-4-9(5-2)12-10(14)8(3)11-6-7-13/h8-9,11,13H,4-7H2,1-3H3,(H,12,14). The van der Waals surface area contributed by atoms with Crippen molar-refractivity contribution in [2.24, 2.45) is 0 Å². The molecule has 3 N–H and O–H groups in total. The molecule has 1 amide bonds. The zero-order chi connectivity index (χ0) is 11.0. The predicted molar refractivity (Wildman–Crippen MR) is 57.1 cm³/mol. The summed E-state index contributed by atoms with van der Waals surface area (Å²) in [6.45, 7) is 6.42. The Kier molecular flexibility index (Phi) is 7.42. The molecule has 4 nitrogen and oxygen atoms in total. The van der Waals surface area contributed by atoms with Crippen LogP contribution in [0.25, 0.3) is 0 Å². The molecule has 4 heteroatoms. The summed E-state index contributed by atoms with van der Waals surface area (Å²) in [5.74, 6) is 0.00662. The fourth-order valence-electron chi connectivity index (χ4n) is 1.19. The van der Waals surface area contributed by atoms with Gasteiger partial charge in [-0.15, -0.1) is 0 Å². The molecule has 0 saturated heterocycles. The van der Waals surface area contributed by atoms with Gasteiger partial charge in [-0.3, -0.25) is 4.79 Å². The van der Waals surface area contributed by atoms with Crippen molar-refractivity contribution >= 4 is 5.91 Å². The lowest BCUT2D eigenvalue weighted by Crippen LogP contribution is -2.46. The van der Waals surface area contributed by atoms with Gasteiger partial charge in [-0.25, -0.2) is 0 Å². The first-order valence-corrected chi connectivity index (χ1v) is 5.30. The lowest BCUT2D eigenvalue weighted by molar-refractivity contribution is -0.123. The average Bonchev–Trinajstić information content (AvgIpc) is 2.21. The molecule has 0 aliphatic rings. The zero-order valence-electron chi connectivity index (χ0n) is 9.34. The van der Waals surface area contributed by atoms with Gasteiger partial charge in [-0.1, -0.05) is 13.8 Å². The molecule has 14 heavy (non-hydrogen) atoms. The van der Waals surface area contributed by atoms with Crippen LogP contribution in [0, 0.1) is 0 Å². The molecule has 0 spiro atoms. The molecule has 0 aromatic heterocycles. The monoisotopic (exact) mass is 202 g/mol. The largest absolute Gasteiger partial charge is 0.395 e. The van der Waals surface area contributed by atoms with Gasteiger partial charge in [0.15, 0.2) is 0 Å². The quantitative estimate of drug-likeness (QED) is 0.555. The molecule has 0 radical (unpaired) electrons. The first kappa shape index (κ1) is 13.4. The van der Waals surface area contributed by atoms with E-state index in [4.69, 9.17) is 5.11 Å². The highest BCUT2D eigenvalue weighted by Gasteiger charge is 2.14. The predicted octanol–water partition coefficient (Wildman–Crippen LogP) is 0.262. The van der Waals surface area contributed by atoms with Crippen molar-refractivity contribution in [3.8, 4) is 0 Å². The normalized spacial score (nSPS) is 12.9. The topological polar surface area (TPSA) is 61.4 Å². The highest BCUT2D eigenvalue weighted by atomic mass is 16.3. The van der Waals surface area contributed by atoms with Gasteiger partial charge in [0.25, 0.3) is 0 Å². The van der Waals surface area contributed by atoms with Crippen molar-refractivity contribution in [1.82, 2.24) is 10.6 Å². The molecule has 0 heterocycles. The number of rotatable bonds is 7. The number of aliphatic hydroxyl groups excluding tert-OH is 1. The van der Waals surface area contributed by atoms with Gasteiger partial charge in [-0.2, -0.15) is 0 Å². The van der Waals surface area contributed by atoms with E-state index in [2.05, 4.69) is 24.5 Å². The first-order valence-electron chi connectivity index (χ1n) is 5.30. The minimum absolute atomic E-state index is 0.00662. The molecule has 0 saturated carbocycles. The van der Waals surface area contributed by atoms with Gasteiger partial charge in [-0.05, 0) is 19.8 Å². The van der Waals surface area contributed by atoms with Crippen LogP contribution in [0.4, 0.5) is 0 Å². The summed E-state index contributed by atoms with van der Waals surface area (Å²) in [6.07, 6.45) is 1.91. The average molecular weight is 202 g/mol. The van der Waals surface area contributed by atoms with E-state index in [1.54, 1.807) is 6.92 Å². The van der Waals surface area contributed by atoms with Crippen LogP contribution < -0.4 is 10.6 Å². The summed E-state index contributed by atoms with van der Waals surface area (Å²) in [4.78, 5) is 11.5. The molecule has 1 unspecified atom stereocenters. The summed E-state index contributed by atoms with van der Waals surface area (Å²) in [5, 5.41) is 14.4. The Morgan fingerprint density at radius 3 is 2.36 bits per heavy atom. The Hall–Kier alpha value is -0.610. The summed E-state index contributed by atoms with van der Waals surface area (Å²) < 4.78 is 0. The molecule has 0 aromatic rings. The molecule has 0 aliphatic heterocycles. The number of nitrogens with one attached hydrogen (secondary N) is 2. The Labute approximate surface area is 86.1 Å². The molecule has 0 fully saturated rings. The second-order valence-corrected chi connectivity index (χ2v) is 3.42. The van der Waals surface area contributed by atoms with Crippen molar-refractivity contribution < 1.29 is 9.90 Å². The van der Waals surface area contributed by atoms with E-state index < -0.39 is 0 Å². The molecule has 0 aromatic carbocycles. The Balaban J connectivity index is 3.81. The van der Waals surface area contributed by atoms with Crippen molar-refractivity contribution in [3.05, 3.63) is 0 Å². The number of hydrogen-bond donors (Lipinski definition) is 3. The maximum atomic E-state index is 11.5. The fourth-order valence-corrected chi connectivity index (χ4v) is 1.19. The summed E-state index contributed by atoms with van der Waals surface area (Å²) >= 11 is 0. The van der Waals surface area contributed by atoms with Crippen LogP contribution in [-0.4, -0.2) is 36.2 Å². The smallest absolute Gasteiger partial charge is 0.237 e. The van der Waals surface area contributed by atoms with Crippen LogP contribution >= 0.6 is 0 Å². The Morgan fingerprint density at radius 1 is 1.36 bits per heavy atom. The minimum Gasteiger partial charge on any atom is -0.395 e. The minimum atomic E-state index is -0.234. The SMILES string of the molecule is CCC(CC)NC(=O)C(C)NCCO. The van der Waals surface area contributed by atoms with Gasteiger partial charge >= 0.3 is 0 Å². The number of carbonyl (C=O) groups excluding carboxylic acids is 1. The lowest BCUT2D eigenvalue weighted by Gasteiger charge is -2.18. The first-order chi connectivity index (χ1) is 6.65. The molecule has 0 rings (SSSR count). The van der Waals surface area contributed by atoms with E-state index in [1.807, 2.05) is 0 Å². The van der Waals surface area contributed by atoms with Crippen molar-refractivity contribution in [3.63, 3.8) is 0 Å². The maximum Gasteiger partial charge on any atom is 0.237 e. The van der Waals surface area contributed by atoms with Crippen molar-refractivity contribution in [1.29, 1.82) is 0 Å². The molecular weight excluding hydrogens is 180 g/mol. The third-order valence-corrected chi connectivity index (χ3v) is 2.29. The van der Waals surface area contributed by atoms with E-state index in [-0.39, 0.29) is 24.6 Å². The van der Waals surface area contributed by atoms with Crippen LogP contribution in [-0.2, 0) is 4.79 Å². The number of carbonyl (C=O) groups is 1. The zero-order valence-corrected chi connectivity index (χ0v) is 9.34. The van der Waals surface area contributed by atoms with E-state index in [0.29, 0.717) is 6.54 Å². The van der Waals surface area contributed by atoms with Crippen LogP contribution in [0.1, 0.15) is 33.6 Å². The number of aliphatic hydroxyl groups is 1. The van der Waals surface area contributed by atoms with E-state index in [1.165, 1.54) is 0 Å². The highest BCUT2D eigenvalue weighted by Crippen LogP contribution is 1.96. The van der Waals surface area contributed by atoms with Crippen LogP contribution in [0.2, 0.25) is 0 Å². The highest BCUT2D eigenvalue weighted by molar-refractivity contribution is 5.81. The van der Waals surface area contributed by atoms with Gasteiger partial charge in [0.05, 0.1) is 12.6 Å². The van der Waals surface area contributed by atoms with Crippen LogP contribution in [0.5, 0.6) is 0 Å². The van der Waals surface area contributed by atoms with Crippen LogP contribution in [0.3, 0.4) is 0 Å². The number of amides is 1. The number of hydrogen-bond acceptors (Lipinski definition) is 3. The lowest BCUT2D eigenvalue weighted by atomic mass is 10.1. The molecule has 84 valence electrons. The summed E-state index contributed by atoms with van der Waals surface area (Å²) in [5.41, 5.74) is 0. The molecule has 0 bridgehead atoms. The fraction of sp³-hybridized carbons (Fsp3) is 0.900. The molecular formula is C10H22N2O2. The van der Waals surface area contributed by atoms with Crippen molar-refractivity contribution in [2.45, 2.75) is 45.7 Å². The van der Waals surface area contributed by atoms with Gasteiger partial charge in [0.2, 0.25) is 5.91 Å².